The first-order valence-electron chi connectivity index (χ1n) is 2.87. The van der Waals surface area contributed by atoms with Gasteiger partial charge in [-0.15, -0.1) is 0 Å². The molecule has 1 rings (SSSR count). The number of methoxy groups -OCH3 is 1. The van der Waals surface area contributed by atoms with E-state index in [-0.39, 0.29) is 11.5 Å². The lowest BCUT2D eigenvalue weighted by Crippen LogP contribution is -1.87. The molecular formula is C7H6FIO2. The van der Waals surface area contributed by atoms with Crippen molar-refractivity contribution in [3.05, 3.63) is 21.5 Å². The Labute approximate surface area is 77.1 Å². The smallest absolute Gasteiger partial charge is 0.161 e. The van der Waals surface area contributed by atoms with E-state index >= 15 is 0 Å². The molecule has 0 bridgehead atoms. The Morgan fingerprint density at radius 1 is 1.55 bits per heavy atom. The summed E-state index contributed by atoms with van der Waals surface area (Å²) in [4.78, 5) is 0. The lowest BCUT2D eigenvalue weighted by atomic mass is 10.3. The van der Waals surface area contributed by atoms with Gasteiger partial charge in [0.05, 0.1) is 10.7 Å². The molecule has 4 heteroatoms. The monoisotopic (exact) mass is 268 g/mol. The Morgan fingerprint density at radius 3 is 2.73 bits per heavy atom. The molecule has 0 aliphatic rings. The molecule has 0 saturated heterocycles. The van der Waals surface area contributed by atoms with Crippen LogP contribution in [0.2, 0.25) is 0 Å². The minimum Gasteiger partial charge on any atom is -0.504 e. The Hall–Kier alpha value is -0.520. The number of phenols is 1. The standard InChI is InChI=1S/C7H6FIO2/c1-11-7-3-5(9)4(8)2-6(7)10/h2-3,10H,1H3. The van der Waals surface area contributed by atoms with Gasteiger partial charge in [0.1, 0.15) is 5.82 Å². The van der Waals surface area contributed by atoms with Crippen LogP contribution in [0.4, 0.5) is 4.39 Å². The van der Waals surface area contributed by atoms with E-state index in [1.165, 1.54) is 13.2 Å². The molecule has 0 aliphatic heterocycles. The number of hydrogen-bond acceptors (Lipinski definition) is 2. The molecule has 0 atom stereocenters. The van der Waals surface area contributed by atoms with Crippen molar-refractivity contribution in [3.63, 3.8) is 0 Å². The number of ether oxygens (including phenoxy) is 1. The summed E-state index contributed by atoms with van der Waals surface area (Å²) >= 11 is 1.82. The van der Waals surface area contributed by atoms with E-state index in [0.717, 1.165) is 6.07 Å². The van der Waals surface area contributed by atoms with Crippen LogP contribution < -0.4 is 4.74 Å². The van der Waals surface area contributed by atoms with E-state index in [2.05, 4.69) is 0 Å². The molecule has 0 amide bonds. The number of aromatic hydroxyl groups is 1. The maximum atomic E-state index is 12.7. The molecule has 0 spiro atoms. The van der Waals surface area contributed by atoms with Crippen molar-refractivity contribution in [3.8, 4) is 11.5 Å². The van der Waals surface area contributed by atoms with Gasteiger partial charge in [-0.1, -0.05) is 0 Å². The van der Waals surface area contributed by atoms with Crippen LogP contribution in [-0.2, 0) is 0 Å². The minimum absolute atomic E-state index is 0.176. The highest BCUT2D eigenvalue weighted by Crippen LogP contribution is 2.28. The highest BCUT2D eigenvalue weighted by atomic mass is 127. The molecule has 11 heavy (non-hydrogen) atoms. The largest absolute Gasteiger partial charge is 0.504 e. The zero-order valence-electron chi connectivity index (χ0n) is 5.77. The Kier molecular flexibility index (Phi) is 2.53. The van der Waals surface area contributed by atoms with Crippen molar-refractivity contribution in [1.29, 1.82) is 0 Å². The van der Waals surface area contributed by atoms with Crippen LogP contribution in [0.1, 0.15) is 0 Å². The minimum atomic E-state index is -0.441. The molecule has 0 fully saturated rings. The maximum Gasteiger partial charge on any atom is 0.161 e. The van der Waals surface area contributed by atoms with Crippen LogP contribution in [0.5, 0.6) is 11.5 Å². The summed E-state index contributed by atoms with van der Waals surface area (Å²) in [6.07, 6.45) is 0. The van der Waals surface area contributed by atoms with Crippen molar-refractivity contribution >= 4 is 22.6 Å². The third-order valence-corrected chi connectivity index (χ3v) is 2.05. The van der Waals surface area contributed by atoms with Crippen LogP contribution >= 0.6 is 22.6 Å². The summed E-state index contributed by atoms with van der Waals surface area (Å²) in [5, 5.41) is 9.05. The Bertz CT molecular complexity index is 275. The molecule has 1 aromatic carbocycles. The van der Waals surface area contributed by atoms with Gasteiger partial charge >= 0.3 is 0 Å². The first-order chi connectivity index (χ1) is 5.15. The van der Waals surface area contributed by atoms with Crippen LogP contribution in [0, 0.1) is 9.39 Å². The fraction of sp³-hybridized carbons (Fsp3) is 0.143. The molecule has 0 unspecified atom stereocenters. The SMILES string of the molecule is COc1cc(I)c(F)cc1O. The molecule has 0 heterocycles. The number of hydrogen-bond donors (Lipinski definition) is 1. The summed E-state index contributed by atoms with van der Waals surface area (Å²) in [5.41, 5.74) is 0. The molecule has 0 saturated carbocycles. The number of halogens is 2. The van der Waals surface area contributed by atoms with Gasteiger partial charge < -0.3 is 9.84 Å². The van der Waals surface area contributed by atoms with Crippen molar-refractivity contribution < 1.29 is 14.2 Å². The fourth-order valence-corrected chi connectivity index (χ4v) is 1.12. The lowest BCUT2D eigenvalue weighted by molar-refractivity contribution is 0.370. The van der Waals surface area contributed by atoms with Crippen molar-refractivity contribution in [2.45, 2.75) is 0 Å². The first-order valence-corrected chi connectivity index (χ1v) is 3.95. The number of phenolic OH excluding ortho intramolecular Hbond substituents is 1. The van der Waals surface area contributed by atoms with Gasteiger partial charge in [-0.25, -0.2) is 4.39 Å². The molecule has 1 aromatic rings. The molecule has 2 nitrogen and oxygen atoms in total. The van der Waals surface area contributed by atoms with Crippen molar-refractivity contribution in [2.75, 3.05) is 7.11 Å². The molecular weight excluding hydrogens is 262 g/mol. The van der Waals surface area contributed by atoms with E-state index in [4.69, 9.17) is 9.84 Å². The Morgan fingerprint density at radius 2 is 2.18 bits per heavy atom. The van der Waals surface area contributed by atoms with Gasteiger partial charge in [0, 0.05) is 12.1 Å². The van der Waals surface area contributed by atoms with Crippen LogP contribution in [0.25, 0.3) is 0 Å². The summed E-state index contributed by atoms with van der Waals surface area (Å²) in [6.45, 7) is 0. The highest BCUT2D eigenvalue weighted by molar-refractivity contribution is 14.1. The van der Waals surface area contributed by atoms with Gasteiger partial charge in [0.2, 0.25) is 0 Å². The second-order valence-corrected chi connectivity index (χ2v) is 3.10. The molecule has 60 valence electrons. The molecule has 0 aliphatic carbocycles. The van der Waals surface area contributed by atoms with Crippen LogP contribution in [0.3, 0.4) is 0 Å². The zero-order chi connectivity index (χ0) is 8.43. The average molecular weight is 268 g/mol. The highest BCUT2D eigenvalue weighted by Gasteiger charge is 2.06. The number of benzene rings is 1. The van der Waals surface area contributed by atoms with Gasteiger partial charge in [-0.05, 0) is 22.6 Å². The maximum absolute atomic E-state index is 12.7. The quantitative estimate of drug-likeness (QED) is 0.791. The Balaban J connectivity index is 3.21. The van der Waals surface area contributed by atoms with Crippen LogP contribution in [0.15, 0.2) is 12.1 Å². The van der Waals surface area contributed by atoms with E-state index in [9.17, 15) is 4.39 Å². The van der Waals surface area contributed by atoms with E-state index in [1.54, 1.807) is 0 Å². The second-order valence-electron chi connectivity index (χ2n) is 1.94. The summed E-state index contributed by atoms with van der Waals surface area (Å²) in [5.74, 6) is -0.329. The third-order valence-electron chi connectivity index (χ3n) is 1.22. The third kappa shape index (κ3) is 1.74. The van der Waals surface area contributed by atoms with Gasteiger partial charge in [0.15, 0.2) is 11.5 Å². The normalized spacial score (nSPS) is 9.73. The lowest BCUT2D eigenvalue weighted by Gasteiger charge is -2.03. The summed E-state index contributed by atoms with van der Waals surface area (Å²) < 4.78 is 17.9. The van der Waals surface area contributed by atoms with Gasteiger partial charge in [0.25, 0.3) is 0 Å². The van der Waals surface area contributed by atoms with Gasteiger partial charge in [-0.2, -0.15) is 0 Å². The molecule has 0 radical (unpaired) electrons. The topological polar surface area (TPSA) is 29.5 Å². The van der Waals surface area contributed by atoms with Crippen molar-refractivity contribution in [2.24, 2.45) is 0 Å². The van der Waals surface area contributed by atoms with Crippen LogP contribution in [-0.4, -0.2) is 12.2 Å². The predicted octanol–water partition coefficient (Wildman–Crippen LogP) is 2.14. The molecule has 1 N–H and O–H groups in total. The van der Waals surface area contributed by atoms with Gasteiger partial charge in [-0.3, -0.25) is 0 Å². The summed E-state index contributed by atoms with van der Waals surface area (Å²) in [6, 6.07) is 2.46. The first kappa shape index (κ1) is 8.58. The predicted molar refractivity (Wildman–Crippen MR) is 47.3 cm³/mol. The molecule has 0 aromatic heterocycles. The second kappa shape index (κ2) is 3.25. The summed E-state index contributed by atoms with van der Waals surface area (Å²) in [7, 11) is 1.42. The number of rotatable bonds is 1. The fourth-order valence-electron chi connectivity index (χ4n) is 0.682. The van der Waals surface area contributed by atoms with E-state index in [1.807, 2.05) is 22.6 Å². The van der Waals surface area contributed by atoms with Crippen molar-refractivity contribution in [1.82, 2.24) is 0 Å². The van der Waals surface area contributed by atoms with E-state index in [0.29, 0.717) is 3.57 Å². The average Bonchev–Trinajstić information content (AvgIpc) is 1.97. The van der Waals surface area contributed by atoms with E-state index < -0.39 is 5.82 Å². The zero-order valence-corrected chi connectivity index (χ0v) is 7.92.